The van der Waals surface area contributed by atoms with Gasteiger partial charge in [0, 0.05) is 0 Å². The van der Waals surface area contributed by atoms with Gasteiger partial charge in [-0.25, -0.2) is 0 Å². The summed E-state index contributed by atoms with van der Waals surface area (Å²) in [6.07, 6.45) is 0. The standard InChI is InChI=1S/H8N5P2/c1-6(2)5-7(3)4/h(H8,1,2,3,4,5)/q+1. The van der Waals surface area contributed by atoms with E-state index in [1.165, 1.54) is 0 Å². The van der Waals surface area contributed by atoms with Crippen molar-refractivity contribution < 1.29 is 0 Å². The van der Waals surface area contributed by atoms with Crippen LogP contribution in [0.15, 0.2) is 4.52 Å². The number of hydrogen-bond donors (Lipinski definition) is 4. The smallest absolute Gasteiger partial charge is 0.276 e. The zero-order chi connectivity index (χ0) is 5.86. The summed E-state index contributed by atoms with van der Waals surface area (Å²) in [4.78, 5) is 0. The summed E-state index contributed by atoms with van der Waals surface area (Å²) in [6.45, 7) is 0. The van der Waals surface area contributed by atoms with Crippen molar-refractivity contribution >= 4 is 16.4 Å². The second-order valence-electron chi connectivity index (χ2n) is 0.849. The molecular weight excluding hydrogens is 132 g/mol. The Kier molecular flexibility index (Phi) is 3.56. The van der Waals surface area contributed by atoms with Gasteiger partial charge in [0.25, 0.3) is 0 Å². The van der Waals surface area contributed by atoms with Crippen molar-refractivity contribution in [3.8, 4) is 0 Å². The van der Waals surface area contributed by atoms with Crippen LogP contribution >= 0.6 is 16.4 Å². The molecule has 0 aromatic heterocycles. The fourth-order valence-corrected chi connectivity index (χ4v) is 1.07. The highest BCUT2D eigenvalue weighted by atomic mass is 31.2. The van der Waals surface area contributed by atoms with Crippen LogP contribution in [0.1, 0.15) is 0 Å². The Labute approximate surface area is 43.9 Å². The van der Waals surface area contributed by atoms with Gasteiger partial charge in [0.15, 0.2) is 0 Å². The predicted octanol–water partition coefficient (Wildman–Crippen LogP) is -0.456. The van der Waals surface area contributed by atoms with E-state index in [2.05, 4.69) is 4.52 Å². The molecule has 0 radical (unpaired) electrons. The molecule has 0 spiro atoms. The molecule has 0 bridgehead atoms. The monoisotopic (exact) mass is 140 g/mol. The lowest BCUT2D eigenvalue weighted by Crippen LogP contribution is -1.96. The Balaban J connectivity index is 3.45. The fourth-order valence-electron chi connectivity index (χ4n) is 0.119. The molecule has 5 nitrogen and oxygen atoms in total. The van der Waals surface area contributed by atoms with Gasteiger partial charge in [-0.3, -0.25) is 11.0 Å². The molecule has 7 heteroatoms. The van der Waals surface area contributed by atoms with Crippen molar-refractivity contribution in [2.75, 3.05) is 0 Å². The van der Waals surface area contributed by atoms with E-state index in [9.17, 15) is 0 Å². The van der Waals surface area contributed by atoms with Gasteiger partial charge < -0.3 is 0 Å². The Hall–Kier alpha value is 0.370. The number of nitrogens with two attached hydrogens (primary N) is 4. The third-order valence-corrected chi connectivity index (χ3v) is 1.86. The minimum Gasteiger partial charge on any atom is -0.276 e. The highest BCUT2D eigenvalue weighted by Gasteiger charge is 1.97. The van der Waals surface area contributed by atoms with E-state index in [0.29, 0.717) is 0 Å². The van der Waals surface area contributed by atoms with Crippen molar-refractivity contribution in [1.29, 1.82) is 0 Å². The van der Waals surface area contributed by atoms with Crippen molar-refractivity contribution in [1.82, 2.24) is 0 Å². The minimum absolute atomic E-state index is 1.24. The van der Waals surface area contributed by atoms with Crippen molar-refractivity contribution in [3.63, 3.8) is 0 Å². The molecule has 0 heterocycles. The lowest BCUT2D eigenvalue weighted by molar-refractivity contribution is 1.66. The predicted molar refractivity (Wildman–Crippen MR) is 33.0 cm³/mol. The van der Waals surface area contributed by atoms with E-state index in [1.807, 2.05) is 0 Å². The molecule has 0 aliphatic rings. The average molecular weight is 140 g/mol. The Morgan fingerprint density at radius 2 is 1.71 bits per heavy atom. The van der Waals surface area contributed by atoms with Gasteiger partial charge in [0.05, 0.1) is 0 Å². The first kappa shape index (κ1) is 7.37. The van der Waals surface area contributed by atoms with E-state index in [1.54, 1.807) is 0 Å². The van der Waals surface area contributed by atoms with Crippen LogP contribution in [0, 0.1) is 0 Å². The van der Waals surface area contributed by atoms with Gasteiger partial charge >= 0.3 is 8.01 Å². The maximum absolute atomic E-state index is 5.03. The summed E-state index contributed by atoms with van der Waals surface area (Å²) < 4.78 is 3.52. The number of nitrogens with zero attached hydrogens (tertiary/aromatic N) is 1. The summed E-state index contributed by atoms with van der Waals surface area (Å²) in [5, 5.41) is 0. The second kappa shape index (κ2) is 3.38. The van der Waals surface area contributed by atoms with E-state index < -0.39 is 16.4 Å². The topological polar surface area (TPSA) is 116 Å². The summed E-state index contributed by atoms with van der Waals surface area (Å²) in [6, 6.07) is 0. The van der Waals surface area contributed by atoms with Crippen LogP contribution < -0.4 is 22.0 Å². The first-order valence-electron chi connectivity index (χ1n) is 1.43. The maximum atomic E-state index is 5.03. The van der Waals surface area contributed by atoms with Crippen LogP contribution in [0.25, 0.3) is 0 Å². The van der Waals surface area contributed by atoms with Crippen LogP contribution in [0.2, 0.25) is 0 Å². The molecule has 0 amide bonds. The van der Waals surface area contributed by atoms with Gasteiger partial charge in [0.1, 0.15) is 0 Å². The first-order valence-corrected chi connectivity index (χ1v) is 4.30. The molecule has 0 aliphatic heterocycles. The maximum Gasteiger partial charge on any atom is 0.393 e. The van der Waals surface area contributed by atoms with Gasteiger partial charge in [0.2, 0.25) is 8.37 Å². The molecule has 0 atom stereocenters. The molecule has 0 aliphatic carbocycles. The highest BCUT2D eigenvalue weighted by molar-refractivity contribution is 7.59. The van der Waals surface area contributed by atoms with Crippen LogP contribution in [0.4, 0.5) is 0 Å². The molecule has 0 rings (SSSR count). The number of hydrogen-bond acceptors (Lipinski definition) is 3. The molecule has 0 aromatic rings. The first-order chi connectivity index (χ1) is 3.13. The van der Waals surface area contributed by atoms with Crippen LogP contribution in [-0.2, 0) is 0 Å². The van der Waals surface area contributed by atoms with Crippen LogP contribution in [-0.4, -0.2) is 0 Å². The van der Waals surface area contributed by atoms with E-state index in [-0.39, 0.29) is 0 Å². The summed E-state index contributed by atoms with van der Waals surface area (Å²) in [5.74, 6) is 0. The lowest BCUT2D eigenvalue weighted by atomic mass is 13.8. The third kappa shape index (κ3) is 6.37. The molecule has 8 N–H and O–H groups in total. The molecule has 0 aromatic carbocycles. The average Bonchev–Trinajstić information content (AvgIpc) is 1.27. The Bertz CT molecular complexity index is 70.1. The van der Waals surface area contributed by atoms with Crippen molar-refractivity contribution in [2.24, 2.45) is 26.5 Å². The minimum atomic E-state index is -1.24. The van der Waals surface area contributed by atoms with E-state index in [4.69, 9.17) is 22.0 Å². The third-order valence-electron chi connectivity index (χ3n) is 0.207. The Morgan fingerprint density at radius 1 is 1.29 bits per heavy atom. The van der Waals surface area contributed by atoms with E-state index >= 15 is 0 Å². The quantitative estimate of drug-likeness (QED) is 0.369. The molecule has 42 valence electrons. The lowest BCUT2D eigenvalue weighted by Gasteiger charge is -1.83. The molecule has 0 unspecified atom stereocenters. The SMILES string of the molecule is NP(N)N=[P+](N)N. The van der Waals surface area contributed by atoms with Gasteiger partial charge in [-0.2, -0.15) is 0 Å². The van der Waals surface area contributed by atoms with Crippen molar-refractivity contribution in [3.05, 3.63) is 0 Å². The zero-order valence-corrected chi connectivity index (χ0v) is 5.44. The van der Waals surface area contributed by atoms with Crippen molar-refractivity contribution in [2.45, 2.75) is 0 Å². The fraction of sp³-hybridized carbons (Fsp3) is 0. The van der Waals surface area contributed by atoms with Crippen LogP contribution in [0.3, 0.4) is 0 Å². The molecular formula is H8N5P2+. The summed E-state index contributed by atoms with van der Waals surface area (Å²) >= 11 is 0. The molecule has 0 saturated heterocycles. The molecule has 0 fully saturated rings. The summed E-state index contributed by atoms with van der Waals surface area (Å²) in [5.41, 5.74) is 20.1. The van der Waals surface area contributed by atoms with E-state index in [0.717, 1.165) is 0 Å². The molecule has 7 heavy (non-hydrogen) atoms. The van der Waals surface area contributed by atoms with Gasteiger partial charge in [-0.1, -0.05) is 0 Å². The van der Waals surface area contributed by atoms with Gasteiger partial charge in [-0.15, -0.1) is 11.0 Å². The second-order valence-corrected chi connectivity index (χ2v) is 3.09. The summed E-state index contributed by atoms with van der Waals surface area (Å²) in [7, 11) is -2.47. The highest BCUT2D eigenvalue weighted by Crippen LogP contribution is 2.22. The van der Waals surface area contributed by atoms with Crippen LogP contribution in [0.5, 0.6) is 0 Å². The largest absolute Gasteiger partial charge is 0.393 e. The zero-order valence-electron chi connectivity index (χ0n) is 3.65. The molecule has 0 saturated carbocycles. The van der Waals surface area contributed by atoms with Gasteiger partial charge in [-0.05, 0) is 4.52 Å². The number of rotatable bonds is 1. The normalized spacial score (nSPS) is 9.29. The Morgan fingerprint density at radius 3 is 1.71 bits per heavy atom.